The van der Waals surface area contributed by atoms with Gasteiger partial charge in [0, 0.05) is 17.8 Å². The van der Waals surface area contributed by atoms with E-state index in [0.29, 0.717) is 17.8 Å². The lowest BCUT2D eigenvalue weighted by atomic mass is 10.0. The smallest absolute Gasteiger partial charge is 0.251 e. The van der Waals surface area contributed by atoms with Crippen LogP contribution in [0.2, 0.25) is 0 Å². The standard InChI is InChI=1S/C16H23N3O2.ClH/c1-2-9-18-15(20)12-6-5-7-13(11-12)19-16(21)14-8-3-4-10-17-14;/h5-7,11,14,17H,2-4,8-10H2,1H3,(H,18,20)(H,19,21);1H. The van der Waals surface area contributed by atoms with E-state index < -0.39 is 0 Å². The summed E-state index contributed by atoms with van der Waals surface area (Å²) in [6.45, 7) is 3.55. The number of halogens is 1. The Labute approximate surface area is 137 Å². The second kappa shape index (κ2) is 9.43. The fourth-order valence-corrected chi connectivity index (χ4v) is 2.38. The van der Waals surface area contributed by atoms with Crippen LogP contribution in [0.25, 0.3) is 0 Å². The van der Waals surface area contributed by atoms with Crippen LogP contribution < -0.4 is 16.0 Å². The highest BCUT2D eigenvalue weighted by Gasteiger charge is 2.20. The lowest BCUT2D eigenvalue weighted by Gasteiger charge is -2.22. The Morgan fingerprint density at radius 2 is 2.14 bits per heavy atom. The topological polar surface area (TPSA) is 70.2 Å². The number of hydrogen-bond donors (Lipinski definition) is 3. The van der Waals surface area contributed by atoms with Gasteiger partial charge >= 0.3 is 0 Å². The van der Waals surface area contributed by atoms with Gasteiger partial charge in [-0.3, -0.25) is 9.59 Å². The molecule has 2 rings (SSSR count). The van der Waals surface area contributed by atoms with Gasteiger partial charge in [-0.1, -0.05) is 19.4 Å². The van der Waals surface area contributed by atoms with Gasteiger partial charge in [0.1, 0.15) is 0 Å². The summed E-state index contributed by atoms with van der Waals surface area (Å²) in [5.41, 5.74) is 1.23. The molecule has 0 aromatic heterocycles. The molecule has 0 bridgehead atoms. The highest BCUT2D eigenvalue weighted by Crippen LogP contribution is 2.13. The number of anilines is 1. The van der Waals surface area contributed by atoms with E-state index in [2.05, 4.69) is 16.0 Å². The van der Waals surface area contributed by atoms with Crippen molar-refractivity contribution < 1.29 is 9.59 Å². The Balaban J connectivity index is 0.00000242. The van der Waals surface area contributed by atoms with Crippen LogP contribution in [0.3, 0.4) is 0 Å². The van der Waals surface area contributed by atoms with Crippen LogP contribution in [0.5, 0.6) is 0 Å². The summed E-state index contributed by atoms with van der Waals surface area (Å²) in [5, 5.41) is 8.92. The molecule has 1 heterocycles. The van der Waals surface area contributed by atoms with Crippen molar-refractivity contribution in [3.8, 4) is 0 Å². The molecule has 22 heavy (non-hydrogen) atoms. The van der Waals surface area contributed by atoms with Crippen LogP contribution in [0.15, 0.2) is 24.3 Å². The average Bonchev–Trinajstić information content (AvgIpc) is 2.53. The second-order valence-electron chi connectivity index (χ2n) is 5.33. The molecule has 1 aliphatic heterocycles. The van der Waals surface area contributed by atoms with E-state index in [1.54, 1.807) is 24.3 Å². The maximum absolute atomic E-state index is 12.1. The molecule has 122 valence electrons. The molecule has 5 nitrogen and oxygen atoms in total. The third-order valence-electron chi connectivity index (χ3n) is 3.55. The summed E-state index contributed by atoms with van der Waals surface area (Å²) < 4.78 is 0. The first-order valence-electron chi connectivity index (χ1n) is 7.63. The summed E-state index contributed by atoms with van der Waals surface area (Å²) in [6.07, 6.45) is 3.96. The monoisotopic (exact) mass is 325 g/mol. The van der Waals surface area contributed by atoms with E-state index in [1.807, 2.05) is 6.92 Å². The maximum atomic E-state index is 12.1. The molecule has 1 saturated heterocycles. The van der Waals surface area contributed by atoms with Crippen molar-refractivity contribution in [1.82, 2.24) is 10.6 Å². The van der Waals surface area contributed by atoms with Crippen molar-refractivity contribution in [2.24, 2.45) is 0 Å². The van der Waals surface area contributed by atoms with E-state index in [-0.39, 0.29) is 30.3 Å². The molecule has 0 aliphatic carbocycles. The lowest BCUT2D eigenvalue weighted by molar-refractivity contribution is -0.118. The SMILES string of the molecule is CCCNC(=O)c1cccc(NC(=O)C2CCCCN2)c1.Cl. The first kappa shape index (κ1) is 18.5. The van der Waals surface area contributed by atoms with Crippen LogP contribution >= 0.6 is 12.4 Å². The Kier molecular flexibility index (Phi) is 7.91. The van der Waals surface area contributed by atoms with Crippen LogP contribution in [-0.4, -0.2) is 30.9 Å². The van der Waals surface area contributed by atoms with Crippen LogP contribution in [0.4, 0.5) is 5.69 Å². The van der Waals surface area contributed by atoms with Gasteiger partial charge < -0.3 is 16.0 Å². The van der Waals surface area contributed by atoms with Crippen molar-refractivity contribution in [3.05, 3.63) is 29.8 Å². The van der Waals surface area contributed by atoms with Crippen molar-refractivity contribution in [2.45, 2.75) is 38.6 Å². The molecule has 2 amide bonds. The molecule has 1 aliphatic rings. The van der Waals surface area contributed by atoms with Gasteiger partial charge in [-0.05, 0) is 44.0 Å². The quantitative estimate of drug-likeness (QED) is 0.778. The third kappa shape index (κ3) is 5.31. The molecule has 1 atom stereocenters. The maximum Gasteiger partial charge on any atom is 0.251 e. The average molecular weight is 326 g/mol. The lowest BCUT2D eigenvalue weighted by Crippen LogP contribution is -2.43. The van der Waals surface area contributed by atoms with Gasteiger partial charge in [0.05, 0.1) is 6.04 Å². The Morgan fingerprint density at radius 3 is 2.82 bits per heavy atom. The Morgan fingerprint density at radius 1 is 1.32 bits per heavy atom. The van der Waals surface area contributed by atoms with Crippen molar-refractivity contribution in [2.75, 3.05) is 18.4 Å². The number of hydrogen-bond acceptors (Lipinski definition) is 3. The van der Waals surface area contributed by atoms with E-state index >= 15 is 0 Å². The van der Waals surface area contributed by atoms with E-state index in [4.69, 9.17) is 0 Å². The van der Waals surface area contributed by atoms with Gasteiger partial charge in [-0.2, -0.15) is 0 Å². The first-order chi connectivity index (χ1) is 10.2. The fraction of sp³-hybridized carbons (Fsp3) is 0.500. The fourth-order valence-electron chi connectivity index (χ4n) is 2.38. The molecule has 0 saturated carbocycles. The molecule has 6 heteroatoms. The molecule has 0 radical (unpaired) electrons. The van der Waals surface area contributed by atoms with E-state index in [1.165, 1.54) is 0 Å². The van der Waals surface area contributed by atoms with Crippen LogP contribution in [-0.2, 0) is 4.79 Å². The minimum Gasteiger partial charge on any atom is -0.352 e. The number of carbonyl (C=O) groups excluding carboxylic acids is 2. The summed E-state index contributed by atoms with van der Waals surface area (Å²) in [7, 11) is 0. The number of piperidine rings is 1. The van der Waals surface area contributed by atoms with Gasteiger partial charge in [0.15, 0.2) is 0 Å². The predicted octanol–water partition coefficient (Wildman–Crippen LogP) is 2.33. The number of amides is 2. The zero-order chi connectivity index (χ0) is 15.1. The zero-order valence-electron chi connectivity index (χ0n) is 12.9. The molecular formula is C16H24ClN3O2. The predicted molar refractivity (Wildman–Crippen MR) is 90.6 cm³/mol. The van der Waals surface area contributed by atoms with Crippen molar-refractivity contribution in [3.63, 3.8) is 0 Å². The largest absolute Gasteiger partial charge is 0.352 e. The van der Waals surface area contributed by atoms with Crippen LogP contribution in [0.1, 0.15) is 43.0 Å². The normalized spacial score (nSPS) is 17.2. The number of benzene rings is 1. The summed E-state index contributed by atoms with van der Waals surface area (Å²) >= 11 is 0. The summed E-state index contributed by atoms with van der Waals surface area (Å²) in [6, 6.07) is 6.92. The molecule has 0 spiro atoms. The van der Waals surface area contributed by atoms with Crippen LogP contribution in [0, 0.1) is 0 Å². The second-order valence-corrected chi connectivity index (χ2v) is 5.33. The highest BCUT2D eigenvalue weighted by atomic mass is 35.5. The molecule has 1 unspecified atom stereocenters. The van der Waals surface area contributed by atoms with Gasteiger partial charge in [-0.25, -0.2) is 0 Å². The molecule has 3 N–H and O–H groups in total. The van der Waals surface area contributed by atoms with Crippen molar-refractivity contribution in [1.29, 1.82) is 0 Å². The minimum atomic E-state index is -0.128. The Bertz CT molecular complexity index is 502. The van der Waals surface area contributed by atoms with Gasteiger partial charge in [-0.15, -0.1) is 12.4 Å². The molecule has 1 aromatic carbocycles. The molecular weight excluding hydrogens is 302 g/mol. The minimum absolute atomic E-state index is 0. The summed E-state index contributed by atoms with van der Waals surface area (Å²) in [5.74, 6) is -0.135. The van der Waals surface area contributed by atoms with Crippen molar-refractivity contribution >= 4 is 29.9 Å². The van der Waals surface area contributed by atoms with Gasteiger partial charge in [0.25, 0.3) is 5.91 Å². The molecule has 1 aromatic rings. The van der Waals surface area contributed by atoms with Gasteiger partial charge in [0.2, 0.25) is 5.91 Å². The summed E-state index contributed by atoms with van der Waals surface area (Å²) in [4.78, 5) is 24.1. The number of carbonyl (C=O) groups is 2. The number of nitrogens with one attached hydrogen (secondary N) is 3. The Hall–Kier alpha value is -1.59. The highest BCUT2D eigenvalue weighted by molar-refractivity contribution is 5.98. The number of rotatable bonds is 5. The zero-order valence-corrected chi connectivity index (χ0v) is 13.7. The molecule has 1 fully saturated rings. The third-order valence-corrected chi connectivity index (χ3v) is 3.55. The van der Waals surface area contributed by atoms with E-state index in [0.717, 1.165) is 32.2 Å². The first-order valence-corrected chi connectivity index (χ1v) is 7.63. The van der Waals surface area contributed by atoms with E-state index in [9.17, 15) is 9.59 Å².